The Kier molecular flexibility index (Phi) is 5.34. The Bertz CT molecular complexity index is 1060. The summed E-state index contributed by atoms with van der Waals surface area (Å²) in [5, 5.41) is 4.31. The molecule has 2 aromatic heterocycles. The van der Waals surface area contributed by atoms with Crippen LogP contribution >= 0.6 is 15.9 Å². The smallest absolute Gasteiger partial charge is 0.410 e. The molecule has 0 bridgehead atoms. The van der Waals surface area contributed by atoms with Crippen LogP contribution in [-0.4, -0.2) is 44.3 Å². The Balaban J connectivity index is 1.46. The van der Waals surface area contributed by atoms with Crippen molar-refractivity contribution in [2.75, 3.05) is 13.1 Å². The standard InChI is InChI=1S/C23H27BrN4O2/c1-22(2,3)30-21(29)27-11-9-23(4,10-12-27)18-7-5-16(6-8-18)17-13-25-20-19(24)14-26-28(20)15-17/h5-8,13-15H,9-12H2,1-4H3. The maximum absolute atomic E-state index is 12.3. The average Bonchev–Trinajstić information content (AvgIpc) is 3.07. The summed E-state index contributed by atoms with van der Waals surface area (Å²) >= 11 is 3.46. The van der Waals surface area contributed by atoms with Crippen LogP contribution in [0.1, 0.15) is 46.1 Å². The summed E-state index contributed by atoms with van der Waals surface area (Å²) in [6.45, 7) is 9.41. The molecule has 1 aromatic carbocycles. The van der Waals surface area contributed by atoms with Gasteiger partial charge in [0.15, 0.2) is 5.65 Å². The zero-order chi connectivity index (χ0) is 21.5. The topological polar surface area (TPSA) is 59.7 Å². The van der Waals surface area contributed by atoms with E-state index in [1.165, 1.54) is 5.56 Å². The lowest BCUT2D eigenvalue weighted by atomic mass is 9.74. The molecular weight excluding hydrogens is 444 g/mol. The van der Waals surface area contributed by atoms with Crippen molar-refractivity contribution in [3.05, 3.63) is 52.9 Å². The molecule has 0 radical (unpaired) electrons. The third-order valence-corrected chi connectivity index (χ3v) is 6.31. The van der Waals surface area contributed by atoms with Gasteiger partial charge >= 0.3 is 6.09 Å². The van der Waals surface area contributed by atoms with Crippen LogP contribution in [0.15, 0.2) is 47.3 Å². The highest BCUT2D eigenvalue weighted by Gasteiger charge is 2.34. The Morgan fingerprint density at radius 1 is 1.10 bits per heavy atom. The van der Waals surface area contributed by atoms with Gasteiger partial charge in [-0.15, -0.1) is 0 Å². The van der Waals surface area contributed by atoms with Gasteiger partial charge in [0.25, 0.3) is 0 Å². The number of hydrogen-bond donors (Lipinski definition) is 0. The fraction of sp³-hybridized carbons (Fsp3) is 0.435. The number of amides is 1. The molecule has 6 nitrogen and oxygen atoms in total. The van der Waals surface area contributed by atoms with Crippen LogP contribution in [0.5, 0.6) is 0 Å². The molecule has 30 heavy (non-hydrogen) atoms. The Morgan fingerprint density at radius 3 is 2.40 bits per heavy atom. The summed E-state index contributed by atoms with van der Waals surface area (Å²) in [5.74, 6) is 0. The van der Waals surface area contributed by atoms with Gasteiger partial charge in [0.2, 0.25) is 0 Å². The molecule has 1 aliphatic heterocycles. The lowest BCUT2D eigenvalue weighted by Gasteiger charge is -2.40. The largest absolute Gasteiger partial charge is 0.444 e. The van der Waals surface area contributed by atoms with E-state index in [2.05, 4.69) is 57.2 Å². The summed E-state index contributed by atoms with van der Waals surface area (Å²) in [7, 11) is 0. The molecule has 1 fully saturated rings. The predicted molar refractivity (Wildman–Crippen MR) is 121 cm³/mol. The first-order valence-electron chi connectivity index (χ1n) is 10.2. The molecule has 7 heteroatoms. The third kappa shape index (κ3) is 4.21. The molecule has 0 unspecified atom stereocenters. The maximum atomic E-state index is 12.3. The van der Waals surface area contributed by atoms with E-state index in [1.54, 1.807) is 10.7 Å². The van der Waals surface area contributed by atoms with Gasteiger partial charge in [-0.1, -0.05) is 31.2 Å². The van der Waals surface area contributed by atoms with Crippen molar-refractivity contribution in [3.63, 3.8) is 0 Å². The summed E-state index contributed by atoms with van der Waals surface area (Å²) < 4.78 is 8.18. The lowest BCUT2D eigenvalue weighted by Crippen LogP contribution is -2.45. The van der Waals surface area contributed by atoms with Crippen LogP contribution in [0.25, 0.3) is 16.8 Å². The van der Waals surface area contributed by atoms with E-state index in [1.807, 2.05) is 38.1 Å². The molecule has 4 rings (SSSR count). The van der Waals surface area contributed by atoms with Gasteiger partial charge in [0.1, 0.15) is 5.60 Å². The number of carbonyl (C=O) groups is 1. The van der Waals surface area contributed by atoms with Gasteiger partial charge in [-0.25, -0.2) is 14.3 Å². The summed E-state index contributed by atoms with van der Waals surface area (Å²) in [4.78, 5) is 18.7. The average molecular weight is 471 g/mol. The second-order valence-electron chi connectivity index (χ2n) is 9.21. The minimum atomic E-state index is -0.461. The minimum Gasteiger partial charge on any atom is -0.444 e. The van der Waals surface area contributed by atoms with E-state index >= 15 is 0 Å². The number of piperidine rings is 1. The zero-order valence-corrected chi connectivity index (χ0v) is 19.4. The molecule has 1 saturated heterocycles. The second kappa shape index (κ2) is 7.69. The first-order valence-corrected chi connectivity index (χ1v) is 11.0. The molecule has 0 saturated carbocycles. The van der Waals surface area contributed by atoms with Crippen LogP contribution in [0.4, 0.5) is 4.79 Å². The van der Waals surface area contributed by atoms with Crippen molar-refractivity contribution in [3.8, 4) is 11.1 Å². The highest BCUT2D eigenvalue weighted by atomic mass is 79.9. The van der Waals surface area contributed by atoms with E-state index < -0.39 is 5.60 Å². The first-order chi connectivity index (χ1) is 14.1. The van der Waals surface area contributed by atoms with Crippen molar-refractivity contribution >= 4 is 27.7 Å². The van der Waals surface area contributed by atoms with Crippen molar-refractivity contribution in [1.29, 1.82) is 0 Å². The van der Waals surface area contributed by atoms with E-state index in [0.717, 1.165) is 34.1 Å². The molecule has 158 valence electrons. The Hall–Kier alpha value is -2.41. The highest BCUT2D eigenvalue weighted by Crippen LogP contribution is 2.36. The van der Waals surface area contributed by atoms with Gasteiger partial charge in [0.05, 0.1) is 10.7 Å². The van der Waals surface area contributed by atoms with Crippen molar-refractivity contribution < 1.29 is 9.53 Å². The highest BCUT2D eigenvalue weighted by molar-refractivity contribution is 9.10. The summed E-state index contributed by atoms with van der Waals surface area (Å²) in [6.07, 6.45) is 7.23. The van der Waals surface area contributed by atoms with Crippen LogP contribution < -0.4 is 0 Å². The lowest BCUT2D eigenvalue weighted by molar-refractivity contribution is 0.0172. The number of likely N-dealkylation sites (tertiary alicyclic amines) is 1. The van der Waals surface area contributed by atoms with Crippen LogP contribution in [0.2, 0.25) is 0 Å². The number of halogens is 1. The Labute approximate surface area is 185 Å². The molecule has 1 amide bonds. The number of aromatic nitrogens is 3. The second-order valence-corrected chi connectivity index (χ2v) is 10.1. The van der Waals surface area contributed by atoms with Crippen molar-refractivity contribution in [1.82, 2.24) is 19.5 Å². The number of benzene rings is 1. The van der Waals surface area contributed by atoms with Crippen molar-refractivity contribution in [2.45, 2.75) is 51.6 Å². The SMILES string of the molecule is CC(C)(C)OC(=O)N1CCC(C)(c2ccc(-c3cnc4c(Br)cnn4c3)cc2)CC1. The van der Waals surface area contributed by atoms with Gasteiger partial charge in [-0.3, -0.25) is 0 Å². The number of fused-ring (bicyclic) bond motifs is 1. The zero-order valence-electron chi connectivity index (χ0n) is 17.9. The number of nitrogens with zero attached hydrogens (tertiary/aromatic N) is 4. The first kappa shape index (κ1) is 20.8. The van der Waals surface area contributed by atoms with E-state index in [0.29, 0.717) is 13.1 Å². The molecule has 0 spiro atoms. The fourth-order valence-electron chi connectivity index (χ4n) is 3.86. The maximum Gasteiger partial charge on any atom is 0.410 e. The van der Waals surface area contributed by atoms with E-state index in [-0.39, 0.29) is 11.5 Å². The van der Waals surface area contributed by atoms with Crippen LogP contribution in [-0.2, 0) is 10.2 Å². The molecule has 3 heterocycles. The minimum absolute atomic E-state index is 0.0477. The Morgan fingerprint density at radius 2 is 1.77 bits per heavy atom. The molecule has 0 atom stereocenters. The third-order valence-electron chi connectivity index (χ3n) is 5.75. The van der Waals surface area contributed by atoms with Crippen LogP contribution in [0, 0.1) is 0 Å². The van der Waals surface area contributed by atoms with Gasteiger partial charge in [0, 0.05) is 31.0 Å². The number of carbonyl (C=O) groups excluding carboxylic acids is 1. The molecule has 0 aliphatic carbocycles. The molecule has 3 aromatic rings. The molecule has 0 N–H and O–H groups in total. The van der Waals surface area contributed by atoms with Gasteiger partial charge < -0.3 is 9.64 Å². The normalized spacial score (nSPS) is 16.6. The van der Waals surface area contributed by atoms with E-state index in [9.17, 15) is 4.79 Å². The quantitative estimate of drug-likeness (QED) is 0.499. The van der Waals surface area contributed by atoms with Crippen LogP contribution in [0.3, 0.4) is 0 Å². The van der Waals surface area contributed by atoms with Crippen molar-refractivity contribution in [2.24, 2.45) is 0 Å². The predicted octanol–water partition coefficient (Wildman–Crippen LogP) is 5.45. The fourth-order valence-corrected chi connectivity index (χ4v) is 4.23. The summed E-state index contributed by atoms with van der Waals surface area (Å²) in [6, 6.07) is 8.67. The van der Waals surface area contributed by atoms with Gasteiger partial charge in [-0.2, -0.15) is 5.10 Å². The molecule has 1 aliphatic rings. The number of hydrogen-bond acceptors (Lipinski definition) is 4. The monoisotopic (exact) mass is 470 g/mol. The van der Waals surface area contributed by atoms with E-state index in [4.69, 9.17) is 4.74 Å². The number of ether oxygens (including phenoxy) is 1. The number of rotatable bonds is 2. The molecular formula is C23H27BrN4O2. The summed E-state index contributed by atoms with van der Waals surface area (Å²) in [5.41, 5.74) is 3.82. The van der Waals surface area contributed by atoms with Gasteiger partial charge in [-0.05, 0) is 66.1 Å².